The summed E-state index contributed by atoms with van der Waals surface area (Å²) in [6, 6.07) is 2.36. The molecule has 1 aromatic carbocycles. The summed E-state index contributed by atoms with van der Waals surface area (Å²) in [5.41, 5.74) is 1.12. The summed E-state index contributed by atoms with van der Waals surface area (Å²) < 4.78 is 40.3. The standard InChI is InChI=1S/C14H20ClFN2O2S/c1-5-18(9-10(2)3)21(19,20)12-6-11(8-17-4)14(15)13(16)7-12/h6-7,17H,2,5,8-9H2,1,3-4H3. The molecule has 0 aliphatic heterocycles. The van der Waals surface area contributed by atoms with Crippen LogP contribution in [0, 0.1) is 5.82 Å². The van der Waals surface area contributed by atoms with E-state index in [2.05, 4.69) is 11.9 Å². The Morgan fingerprint density at radius 1 is 1.48 bits per heavy atom. The molecular formula is C14H20ClFN2O2S. The van der Waals surface area contributed by atoms with E-state index < -0.39 is 15.8 Å². The molecule has 1 N–H and O–H groups in total. The molecule has 0 aliphatic carbocycles. The zero-order chi connectivity index (χ0) is 16.2. The maximum Gasteiger partial charge on any atom is 0.243 e. The van der Waals surface area contributed by atoms with Crippen LogP contribution in [-0.2, 0) is 16.6 Å². The first-order chi connectivity index (χ1) is 9.73. The van der Waals surface area contributed by atoms with Crippen molar-refractivity contribution in [1.82, 2.24) is 9.62 Å². The summed E-state index contributed by atoms with van der Waals surface area (Å²) in [6.45, 7) is 7.94. The Hall–Kier alpha value is -0.950. The number of likely N-dealkylation sites (N-methyl/N-ethyl adjacent to an activating group) is 1. The van der Waals surface area contributed by atoms with Crippen LogP contribution in [0.5, 0.6) is 0 Å². The fourth-order valence-electron chi connectivity index (χ4n) is 1.90. The van der Waals surface area contributed by atoms with Crippen molar-refractivity contribution in [1.29, 1.82) is 0 Å². The Labute approximate surface area is 130 Å². The number of nitrogens with zero attached hydrogens (tertiary/aromatic N) is 1. The van der Waals surface area contributed by atoms with E-state index in [1.54, 1.807) is 20.9 Å². The largest absolute Gasteiger partial charge is 0.316 e. The first-order valence-corrected chi connectivity index (χ1v) is 8.32. The first-order valence-electron chi connectivity index (χ1n) is 6.51. The number of rotatable bonds is 7. The van der Waals surface area contributed by atoms with Gasteiger partial charge in [-0.25, -0.2) is 12.8 Å². The molecule has 21 heavy (non-hydrogen) atoms. The van der Waals surface area contributed by atoms with E-state index in [1.165, 1.54) is 10.4 Å². The highest BCUT2D eigenvalue weighted by molar-refractivity contribution is 7.89. The average molecular weight is 335 g/mol. The van der Waals surface area contributed by atoms with Crippen molar-refractivity contribution < 1.29 is 12.8 Å². The van der Waals surface area contributed by atoms with Gasteiger partial charge in [0, 0.05) is 19.6 Å². The van der Waals surface area contributed by atoms with Crippen molar-refractivity contribution >= 4 is 21.6 Å². The van der Waals surface area contributed by atoms with Crippen LogP contribution >= 0.6 is 11.6 Å². The van der Waals surface area contributed by atoms with Crippen LogP contribution in [0.2, 0.25) is 5.02 Å². The molecule has 1 aromatic rings. The van der Waals surface area contributed by atoms with Crippen molar-refractivity contribution in [2.45, 2.75) is 25.3 Å². The normalized spacial score (nSPS) is 11.9. The molecule has 118 valence electrons. The van der Waals surface area contributed by atoms with Gasteiger partial charge in [-0.05, 0) is 31.7 Å². The first kappa shape index (κ1) is 18.1. The van der Waals surface area contributed by atoms with E-state index in [4.69, 9.17) is 11.6 Å². The molecule has 0 aliphatic rings. The number of nitrogens with one attached hydrogen (secondary N) is 1. The molecule has 0 bridgehead atoms. The van der Waals surface area contributed by atoms with Crippen LogP contribution in [0.1, 0.15) is 19.4 Å². The molecule has 0 fully saturated rings. The number of sulfonamides is 1. The second kappa shape index (κ2) is 7.35. The van der Waals surface area contributed by atoms with Gasteiger partial charge < -0.3 is 5.32 Å². The van der Waals surface area contributed by atoms with E-state index in [9.17, 15) is 12.8 Å². The van der Waals surface area contributed by atoms with Crippen molar-refractivity contribution in [3.63, 3.8) is 0 Å². The lowest BCUT2D eigenvalue weighted by Gasteiger charge is -2.21. The van der Waals surface area contributed by atoms with Crippen LogP contribution in [0.4, 0.5) is 4.39 Å². The summed E-state index contributed by atoms with van der Waals surface area (Å²) in [4.78, 5) is -0.0993. The van der Waals surface area contributed by atoms with E-state index >= 15 is 0 Å². The maximum absolute atomic E-state index is 13.9. The van der Waals surface area contributed by atoms with Gasteiger partial charge >= 0.3 is 0 Å². The van der Waals surface area contributed by atoms with Crippen molar-refractivity contribution in [3.05, 3.63) is 40.7 Å². The van der Waals surface area contributed by atoms with Crippen molar-refractivity contribution in [3.8, 4) is 0 Å². The quantitative estimate of drug-likeness (QED) is 0.780. The van der Waals surface area contributed by atoms with E-state index in [1.807, 2.05) is 0 Å². The fourth-order valence-corrected chi connectivity index (χ4v) is 3.65. The summed E-state index contributed by atoms with van der Waals surface area (Å²) in [5.74, 6) is -0.741. The smallest absolute Gasteiger partial charge is 0.243 e. The molecule has 0 unspecified atom stereocenters. The van der Waals surface area contributed by atoms with Crippen LogP contribution < -0.4 is 5.32 Å². The number of benzene rings is 1. The predicted molar refractivity (Wildman–Crippen MR) is 83.4 cm³/mol. The second-order valence-corrected chi connectivity index (χ2v) is 7.11. The van der Waals surface area contributed by atoms with Gasteiger partial charge in [-0.1, -0.05) is 30.7 Å². The topological polar surface area (TPSA) is 49.4 Å². The van der Waals surface area contributed by atoms with Gasteiger partial charge in [0.1, 0.15) is 5.82 Å². The molecule has 0 atom stereocenters. The van der Waals surface area contributed by atoms with Crippen molar-refractivity contribution in [2.24, 2.45) is 0 Å². The Morgan fingerprint density at radius 2 is 2.10 bits per heavy atom. The summed E-state index contributed by atoms with van der Waals surface area (Å²) >= 11 is 5.85. The second-order valence-electron chi connectivity index (χ2n) is 4.80. The molecule has 4 nitrogen and oxygen atoms in total. The van der Waals surface area contributed by atoms with Crippen LogP contribution in [0.15, 0.2) is 29.2 Å². The van der Waals surface area contributed by atoms with Gasteiger partial charge in [0.15, 0.2) is 0 Å². The third-order valence-electron chi connectivity index (χ3n) is 2.88. The fraction of sp³-hybridized carbons (Fsp3) is 0.429. The van der Waals surface area contributed by atoms with Crippen LogP contribution in [0.3, 0.4) is 0 Å². The van der Waals surface area contributed by atoms with E-state index in [0.717, 1.165) is 6.07 Å². The SMILES string of the molecule is C=C(C)CN(CC)S(=O)(=O)c1cc(F)c(Cl)c(CNC)c1. The highest BCUT2D eigenvalue weighted by atomic mass is 35.5. The maximum atomic E-state index is 13.9. The lowest BCUT2D eigenvalue weighted by atomic mass is 10.2. The lowest BCUT2D eigenvalue weighted by Crippen LogP contribution is -2.32. The minimum atomic E-state index is -3.78. The molecule has 0 aromatic heterocycles. The third kappa shape index (κ3) is 4.26. The zero-order valence-corrected chi connectivity index (χ0v) is 14.0. The van der Waals surface area contributed by atoms with Crippen molar-refractivity contribution in [2.75, 3.05) is 20.1 Å². The van der Waals surface area contributed by atoms with Gasteiger partial charge in [0.2, 0.25) is 10.0 Å². The highest BCUT2D eigenvalue weighted by Crippen LogP contribution is 2.26. The monoisotopic (exact) mass is 334 g/mol. The van der Waals surface area contributed by atoms with Crippen LogP contribution in [-0.4, -0.2) is 32.9 Å². The minimum absolute atomic E-state index is 0.0637. The van der Waals surface area contributed by atoms with E-state index in [0.29, 0.717) is 11.1 Å². The Balaban J connectivity index is 3.33. The van der Waals surface area contributed by atoms with Gasteiger partial charge in [-0.3, -0.25) is 0 Å². The Kier molecular flexibility index (Phi) is 6.34. The summed E-state index contributed by atoms with van der Waals surface area (Å²) in [7, 11) is -2.10. The molecule has 0 heterocycles. The minimum Gasteiger partial charge on any atom is -0.316 e. The van der Waals surface area contributed by atoms with Gasteiger partial charge in [0.05, 0.1) is 9.92 Å². The number of hydrogen-bond acceptors (Lipinski definition) is 3. The third-order valence-corrected chi connectivity index (χ3v) is 5.20. The number of halogens is 2. The Bertz CT molecular complexity index is 632. The predicted octanol–water partition coefficient (Wildman–Crippen LogP) is 2.79. The molecule has 0 saturated heterocycles. The zero-order valence-electron chi connectivity index (χ0n) is 12.4. The van der Waals surface area contributed by atoms with Gasteiger partial charge in [0.25, 0.3) is 0 Å². The molecule has 0 spiro atoms. The average Bonchev–Trinajstić information content (AvgIpc) is 2.40. The molecule has 1 rings (SSSR count). The summed E-state index contributed by atoms with van der Waals surface area (Å²) in [6.07, 6.45) is 0. The van der Waals surface area contributed by atoms with Gasteiger partial charge in [-0.2, -0.15) is 4.31 Å². The molecule has 0 radical (unpaired) electrons. The summed E-state index contributed by atoms with van der Waals surface area (Å²) in [5, 5.41) is 2.77. The van der Waals surface area contributed by atoms with Gasteiger partial charge in [-0.15, -0.1) is 0 Å². The molecule has 7 heteroatoms. The van der Waals surface area contributed by atoms with Crippen LogP contribution in [0.25, 0.3) is 0 Å². The lowest BCUT2D eigenvalue weighted by molar-refractivity contribution is 0.452. The molecule has 0 amide bonds. The van der Waals surface area contributed by atoms with E-state index in [-0.39, 0.29) is 29.6 Å². The number of hydrogen-bond donors (Lipinski definition) is 1. The molecule has 0 saturated carbocycles. The highest BCUT2D eigenvalue weighted by Gasteiger charge is 2.25. The molecular weight excluding hydrogens is 315 g/mol. The Morgan fingerprint density at radius 3 is 2.57 bits per heavy atom.